The molecule has 0 fully saturated rings. The molecule has 2 nitrogen and oxygen atoms in total. The largest absolute Gasteiger partial charge is 0.497 e. The van der Waals surface area contributed by atoms with Crippen molar-refractivity contribution in [3.8, 4) is 5.75 Å². The highest BCUT2D eigenvalue weighted by Crippen LogP contribution is 2.28. The third-order valence-electron chi connectivity index (χ3n) is 3.05. The van der Waals surface area contributed by atoms with Gasteiger partial charge < -0.3 is 9.47 Å². The van der Waals surface area contributed by atoms with Gasteiger partial charge >= 0.3 is 0 Å². The van der Waals surface area contributed by atoms with Crippen molar-refractivity contribution in [3.05, 3.63) is 71.8 Å². The van der Waals surface area contributed by atoms with Gasteiger partial charge in [-0.1, -0.05) is 58.4 Å². The average Bonchev–Trinajstić information content (AvgIpc) is 2.53. The van der Waals surface area contributed by atoms with E-state index in [9.17, 15) is 0 Å². The summed E-state index contributed by atoms with van der Waals surface area (Å²) in [4.78, 5) is 0. The van der Waals surface area contributed by atoms with E-state index in [1.807, 2.05) is 42.5 Å². The number of hydrogen-bond donors (Lipinski definition) is 0. The van der Waals surface area contributed by atoms with Crippen LogP contribution in [0.2, 0.25) is 0 Å². The monoisotopic (exact) mass is 332 g/mol. The first-order valence-electron chi connectivity index (χ1n) is 6.34. The van der Waals surface area contributed by atoms with Crippen LogP contribution in [0.25, 0.3) is 4.48 Å². The summed E-state index contributed by atoms with van der Waals surface area (Å²) in [5.41, 5.74) is 2.21. The lowest BCUT2D eigenvalue weighted by Gasteiger charge is -2.12. The summed E-state index contributed by atoms with van der Waals surface area (Å²) in [6.07, 6.45) is 1.98. The molecule has 1 atom stereocenters. The van der Waals surface area contributed by atoms with Gasteiger partial charge in [0.05, 0.1) is 7.11 Å². The average molecular weight is 333 g/mol. The molecule has 104 valence electrons. The third-order valence-corrected chi connectivity index (χ3v) is 3.77. The molecule has 2 aromatic rings. The number of rotatable bonds is 5. The normalized spacial score (nSPS) is 13.1. The fourth-order valence-corrected chi connectivity index (χ4v) is 2.43. The second-order valence-corrected chi connectivity index (χ2v) is 5.16. The molecule has 0 saturated carbocycles. The van der Waals surface area contributed by atoms with Gasteiger partial charge in [-0.3, -0.25) is 0 Å². The van der Waals surface area contributed by atoms with Gasteiger partial charge in [0.15, 0.2) is 0 Å². The standard InChI is InChI=1S/C17H17BrO2/c1-19-15-10-8-13(9-11-15)16(18)12-17(20-2)14-6-4-3-5-7-14/h3-12,17H,1-2H3/b16-12+. The molecule has 0 aliphatic carbocycles. The van der Waals surface area contributed by atoms with E-state index >= 15 is 0 Å². The van der Waals surface area contributed by atoms with E-state index in [1.165, 1.54) is 0 Å². The Hall–Kier alpha value is -1.58. The van der Waals surface area contributed by atoms with Crippen LogP contribution < -0.4 is 4.74 Å². The maximum absolute atomic E-state index is 5.54. The first kappa shape index (κ1) is 14.8. The molecule has 0 bridgehead atoms. The summed E-state index contributed by atoms with van der Waals surface area (Å²) >= 11 is 3.61. The lowest BCUT2D eigenvalue weighted by molar-refractivity contribution is 0.143. The lowest BCUT2D eigenvalue weighted by Crippen LogP contribution is -1.97. The molecule has 0 amide bonds. The van der Waals surface area contributed by atoms with E-state index in [0.29, 0.717) is 0 Å². The Kier molecular flexibility index (Phi) is 5.39. The summed E-state index contributed by atoms with van der Waals surface area (Å²) in [6, 6.07) is 18.0. The summed E-state index contributed by atoms with van der Waals surface area (Å²) in [5.74, 6) is 0.848. The Labute approximate surface area is 128 Å². The maximum atomic E-state index is 5.54. The Bertz CT molecular complexity index is 561. The molecule has 2 aromatic carbocycles. The summed E-state index contributed by atoms with van der Waals surface area (Å²) in [6.45, 7) is 0. The molecule has 2 rings (SSSR count). The number of benzene rings is 2. The molecule has 0 aliphatic heterocycles. The highest BCUT2D eigenvalue weighted by atomic mass is 79.9. The van der Waals surface area contributed by atoms with Gasteiger partial charge in [0.25, 0.3) is 0 Å². The minimum Gasteiger partial charge on any atom is -0.497 e. The van der Waals surface area contributed by atoms with Crippen LogP contribution >= 0.6 is 15.9 Å². The summed E-state index contributed by atoms with van der Waals surface area (Å²) in [5, 5.41) is 0. The number of hydrogen-bond acceptors (Lipinski definition) is 2. The van der Waals surface area contributed by atoms with E-state index in [-0.39, 0.29) is 6.10 Å². The molecule has 0 aliphatic rings. The Morgan fingerprint density at radius 2 is 1.65 bits per heavy atom. The first-order chi connectivity index (χ1) is 9.74. The van der Waals surface area contributed by atoms with Gasteiger partial charge in [-0.25, -0.2) is 0 Å². The van der Waals surface area contributed by atoms with Crippen LogP contribution in [0, 0.1) is 0 Å². The van der Waals surface area contributed by atoms with Crippen molar-refractivity contribution in [2.45, 2.75) is 6.10 Å². The zero-order valence-electron chi connectivity index (χ0n) is 11.5. The predicted octanol–water partition coefficient (Wildman–Crippen LogP) is 4.82. The highest BCUT2D eigenvalue weighted by Gasteiger charge is 2.08. The van der Waals surface area contributed by atoms with Crippen molar-refractivity contribution in [2.75, 3.05) is 14.2 Å². The van der Waals surface area contributed by atoms with Gasteiger partial charge in [-0.15, -0.1) is 0 Å². The van der Waals surface area contributed by atoms with Crippen LogP contribution in [0.15, 0.2) is 60.7 Å². The Morgan fingerprint density at radius 1 is 1.00 bits per heavy atom. The van der Waals surface area contributed by atoms with Crippen molar-refractivity contribution >= 4 is 20.4 Å². The van der Waals surface area contributed by atoms with Crippen LogP contribution in [-0.2, 0) is 4.74 Å². The maximum Gasteiger partial charge on any atom is 0.118 e. The highest BCUT2D eigenvalue weighted by molar-refractivity contribution is 9.15. The first-order valence-corrected chi connectivity index (χ1v) is 7.13. The van der Waals surface area contributed by atoms with Crippen molar-refractivity contribution in [2.24, 2.45) is 0 Å². The van der Waals surface area contributed by atoms with E-state index in [1.54, 1.807) is 14.2 Å². The molecule has 0 N–H and O–H groups in total. The molecular formula is C17H17BrO2. The van der Waals surface area contributed by atoms with Crippen LogP contribution in [-0.4, -0.2) is 14.2 Å². The summed E-state index contributed by atoms with van der Waals surface area (Å²) < 4.78 is 11.7. The molecular weight excluding hydrogens is 316 g/mol. The molecule has 0 spiro atoms. The number of ether oxygens (including phenoxy) is 2. The van der Waals surface area contributed by atoms with E-state index < -0.39 is 0 Å². The quantitative estimate of drug-likeness (QED) is 0.781. The van der Waals surface area contributed by atoms with Gasteiger partial charge in [0.1, 0.15) is 11.9 Å². The van der Waals surface area contributed by atoms with Crippen LogP contribution in [0.3, 0.4) is 0 Å². The van der Waals surface area contributed by atoms with Crippen LogP contribution in [0.4, 0.5) is 0 Å². The zero-order chi connectivity index (χ0) is 14.4. The second-order valence-electron chi connectivity index (χ2n) is 4.31. The van der Waals surface area contributed by atoms with Gasteiger partial charge in [0, 0.05) is 11.6 Å². The van der Waals surface area contributed by atoms with Gasteiger partial charge in [-0.2, -0.15) is 0 Å². The van der Waals surface area contributed by atoms with Crippen molar-refractivity contribution in [1.29, 1.82) is 0 Å². The Balaban J connectivity index is 2.22. The second kappa shape index (κ2) is 7.27. The summed E-state index contributed by atoms with van der Waals surface area (Å²) in [7, 11) is 3.37. The minimum absolute atomic E-state index is 0.0762. The molecule has 3 heteroatoms. The minimum atomic E-state index is -0.0762. The van der Waals surface area contributed by atoms with Crippen molar-refractivity contribution < 1.29 is 9.47 Å². The topological polar surface area (TPSA) is 18.5 Å². The molecule has 0 radical (unpaired) electrons. The molecule has 0 saturated heterocycles. The van der Waals surface area contributed by atoms with Gasteiger partial charge in [-0.05, 0) is 29.3 Å². The van der Waals surface area contributed by atoms with Crippen molar-refractivity contribution in [3.63, 3.8) is 0 Å². The lowest BCUT2D eigenvalue weighted by atomic mass is 10.1. The molecule has 1 unspecified atom stereocenters. The Morgan fingerprint density at radius 3 is 2.20 bits per heavy atom. The third kappa shape index (κ3) is 3.71. The van der Waals surface area contributed by atoms with Crippen LogP contribution in [0.1, 0.15) is 17.2 Å². The SMILES string of the molecule is COc1ccc(/C(Br)=C\C(OC)c2ccccc2)cc1. The van der Waals surface area contributed by atoms with E-state index in [2.05, 4.69) is 34.1 Å². The smallest absolute Gasteiger partial charge is 0.118 e. The van der Waals surface area contributed by atoms with Crippen molar-refractivity contribution in [1.82, 2.24) is 0 Å². The fraction of sp³-hybridized carbons (Fsp3) is 0.176. The molecule has 20 heavy (non-hydrogen) atoms. The number of halogens is 1. The van der Waals surface area contributed by atoms with Crippen LogP contribution in [0.5, 0.6) is 5.75 Å². The molecule has 0 heterocycles. The van der Waals surface area contributed by atoms with E-state index in [4.69, 9.17) is 9.47 Å². The predicted molar refractivity (Wildman–Crippen MR) is 86.1 cm³/mol. The van der Waals surface area contributed by atoms with Gasteiger partial charge in [0.2, 0.25) is 0 Å². The number of methoxy groups -OCH3 is 2. The molecule has 0 aromatic heterocycles. The zero-order valence-corrected chi connectivity index (χ0v) is 13.1. The fourth-order valence-electron chi connectivity index (χ4n) is 1.92. The van der Waals surface area contributed by atoms with E-state index in [0.717, 1.165) is 21.4 Å².